The summed E-state index contributed by atoms with van der Waals surface area (Å²) >= 11 is 0. The van der Waals surface area contributed by atoms with E-state index in [1.54, 1.807) is 12.4 Å². The van der Waals surface area contributed by atoms with Crippen molar-refractivity contribution in [3.05, 3.63) is 53.9 Å². The van der Waals surface area contributed by atoms with E-state index in [0.717, 1.165) is 62.3 Å². The van der Waals surface area contributed by atoms with E-state index in [1.807, 2.05) is 17.0 Å². The maximum absolute atomic E-state index is 13.1. The molecular weight excluding hydrogens is 480 g/mol. The second kappa shape index (κ2) is 13.1. The maximum atomic E-state index is 13.1. The van der Waals surface area contributed by atoms with Crippen LogP contribution in [-0.4, -0.2) is 74.1 Å². The molecule has 2 saturated heterocycles. The van der Waals surface area contributed by atoms with Crippen LogP contribution in [-0.2, 0) is 22.7 Å². The number of fused-ring (bicyclic) bond motifs is 3. The number of anilines is 1. The summed E-state index contributed by atoms with van der Waals surface area (Å²) in [5.41, 5.74) is 3.34. The predicted octanol–water partition coefficient (Wildman–Crippen LogP) is 1.92. The molecule has 0 radical (unpaired) electrons. The lowest BCUT2D eigenvalue weighted by atomic mass is 9.80. The van der Waals surface area contributed by atoms with Crippen LogP contribution in [0, 0.1) is 11.8 Å². The molecule has 0 spiro atoms. The molecule has 3 aliphatic heterocycles. The molecule has 9 heteroatoms. The van der Waals surface area contributed by atoms with Gasteiger partial charge in [0.25, 0.3) is 0 Å². The van der Waals surface area contributed by atoms with Crippen molar-refractivity contribution in [2.45, 2.75) is 38.8 Å². The van der Waals surface area contributed by atoms with Crippen LogP contribution in [0.1, 0.15) is 36.8 Å². The van der Waals surface area contributed by atoms with E-state index in [0.29, 0.717) is 51.7 Å². The highest BCUT2D eigenvalue weighted by atomic mass is 16.5. The third-order valence-corrected chi connectivity index (χ3v) is 8.03. The van der Waals surface area contributed by atoms with Crippen LogP contribution < -0.4 is 25.6 Å². The van der Waals surface area contributed by atoms with Crippen LogP contribution in [0.2, 0.25) is 0 Å². The predicted molar refractivity (Wildman–Crippen MR) is 147 cm³/mol. The summed E-state index contributed by atoms with van der Waals surface area (Å²) in [5, 5.41) is 9.83. The van der Waals surface area contributed by atoms with Gasteiger partial charge in [-0.1, -0.05) is 0 Å². The van der Waals surface area contributed by atoms with Gasteiger partial charge in [0.1, 0.15) is 5.75 Å². The summed E-state index contributed by atoms with van der Waals surface area (Å²) in [5.74, 6) is 1.65. The van der Waals surface area contributed by atoms with Crippen molar-refractivity contribution in [3.63, 3.8) is 0 Å². The molecule has 2 atom stereocenters. The van der Waals surface area contributed by atoms with E-state index in [4.69, 9.17) is 4.74 Å². The fourth-order valence-corrected chi connectivity index (χ4v) is 5.82. The quantitative estimate of drug-likeness (QED) is 0.554. The van der Waals surface area contributed by atoms with Crippen molar-refractivity contribution in [3.8, 4) is 5.75 Å². The molecule has 2 amide bonds. The van der Waals surface area contributed by atoms with Crippen LogP contribution in [0.5, 0.6) is 5.75 Å². The Kier molecular flexibility index (Phi) is 9.09. The van der Waals surface area contributed by atoms with E-state index >= 15 is 0 Å². The first-order valence-corrected chi connectivity index (χ1v) is 14.0. The monoisotopic (exact) mass is 520 g/mol. The Morgan fingerprint density at radius 2 is 1.87 bits per heavy atom. The molecule has 204 valence electrons. The number of aromatic nitrogens is 1. The van der Waals surface area contributed by atoms with E-state index in [2.05, 4.69) is 44.0 Å². The molecule has 1 aromatic heterocycles. The third kappa shape index (κ3) is 7.02. The van der Waals surface area contributed by atoms with Gasteiger partial charge in [-0.05, 0) is 67.0 Å². The molecule has 0 saturated carbocycles. The van der Waals surface area contributed by atoms with Crippen LogP contribution in [0.15, 0.2) is 42.7 Å². The molecule has 1 aromatic carbocycles. The smallest absolute Gasteiger partial charge is 0.236 e. The van der Waals surface area contributed by atoms with Crippen LogP contribution in [0.3, 0.4) is 0 Å². The first kappa shape index (κ1) is 26.4. The highest BCUT2D eigenvalue weighted by Crippen LogP contribution is 2.31. The molecule has 2 bridgehead atoms. The first-order chi connectivity index (χ1) is 18.7. The van der Waals surface area contributed by atoms with Crippen molar-refractivity contribution in [2.75, 3.05) is 57.3 Å². The normalized spacial score (nSPS) is 22.8. The number of rotatable bonds is 5. The molecular formula is C29H40N6O3. The lowest BCUT2D eigenvalue weighted by Crippen LogP contribution is -2.47. The number of piperidine rings is 1. The number of ether oxygens (including phenoxy) is 1. The molecule has 0 unspecified atom stereocenters. The topological polar surface area (TPSA) is 98.8 Å². The Morgan fingerprint density at radius 3 is 2.71 bits per heavy atom. The fraction of sp³-hybridized carbons (Fsp3) is 0.552. The fourth-order valence-electron chi connectivity index (χ4n) is 5.82. The Morgan fingerprint density at radius 1 is 1.03 bits per heavy atom. The lowest BCUT2D eigenvalue weighted by Gasteiger charge is -2.38. The summed E-state index contributed by atoms with van der Waals surface area (Å²) in [6, 6.07) is 10.3. The molecule has 3 N–H and O–H groups in total. The number of carbonyl (C=O) groups is 2. The number of piperazine rings is 1. The number of amides is 2. The van der Waals surface area contributed by atoms with Crippen molar-refractivity contribution in [1.29, 1.82) is 0 Å². The Labute approximate surface area is 225 Å². The number of hydrogen-bond donors (Lipinski definition) is 3. The second-order valence-corrected chi connectivity index (χ2v) is 10.6. The SMILES string of the molecule is O=C(C[C@@H]1CCN2C[C@@H]1CCCOc1ccc(N3CCNCC3)cc1CNCC2=O)NCc1ccncc1. The van der Waals surface area contributed by atoms with Gasteiger partial charge in [0, 0.05) is 82.4 Å². The molecule has 9 nitrogen and oxygen atoms in total. The lowest BCUT2D eigenvalue weighted by molar-refractivity contribution is -0.133. The molecule has 3 aliphatic rings. The standard InChI is InChI=1S/C29H40N6O3/c36-28(33-18-22-5-8-30-9-6-22)17-23-7-12-35-21-24(23)2-1-15-38-27-4-3-26(34-13-10-31-11-14-34)16-25(27)19-32-20-29(35)37/h3-6,8-9,16,23-24,31-32H,1-2,7,10-15,17-21H2,(H,33,36)/t23-,24-/m0/s1. The van der Waals surface area contributed by atoms with E-state index in [9.17, 15) is 9.59 Å². The zero-order valence-corrected chi connectivity index (χ0v) is 22.2. The molecule has 4 heterocycles. The summed E-state index contributed by atoms with van der Waals surface area (Å²) in [4.78, 5) is 34.2. The van der Waals surface area contributed by atoms with Gasteiger partial charge in [-0.3, -0.25) is 14.6 Å². The van der Waals surface area contributed by atoms with Gasteiger partial charge in [-0.25, -0.2) is 0 Å². The Hall–Kier alpha value is -3.17. The average molecular weight is 521 g/mol. The number of pyridine rings is 1. The molecule has 0 aliphatic carbocycles. The highest BCUT2D eigenvalue weighted by Gasteiger charge is 2.32. The van der Waals surface area contributed by atoms with Gasteiger partial charge in [0.15, 0.2) is 0 Å². The zero-order chi connectivity index (χ0) is 26.2. The van der Waals surface area contributed by atoms with Gasteiger partial charge in [-0.15, -0.1) is 0 Å². The van der Waals surface area contributed by atoms with Crippen molar-refractivity contribution < 1.29 is 14.3 Å². The van der Waals surface area contributed by atoms with Crippen molar-refractivity contribution in [2.24, 2.45) is 11.8 Å². The zero-order valence-electron chi connectivity index (χ0n) is 22.2. The molecule has 2 fully saturated rings. The summed E-state index contributed by atoms with van der Waals surface area (Å²) in [6.45, 7) is 7.43. The number of nitrogens with one attached hydrogen (secondary N) is 3. The number of benzene rings is 1. The second-order valence-electron chi connectivity index (χ2n) is 10.6. The Balaban J connectivity index is 1.21. The van der Waals surface area contributed by atoms with Crippen molar-refractivity contribution >= 4 is 17.5 Å². The first-order valence-electron chi connectivity index (χ1n) is 14.0. The van der Waals surface area contributed by atoms with Gasteiger partial charge in [-0.2, -0.15) is 0 Å². The number of nitrogens with zero attached hydrogens (tertiary/aromatic N) is 3. The Bertz CT molecular complexity index is 1080. The van der Waals surface area contributed by atoms with Crippen LogP contribution in [0.4, 0.5) is 5.69 Å². The minimum atomic E-state index is 0.0710. The summed E-state index contributed by atoms with van der Waals surface area (Å²) < 4.78 is 6.26. The minimum Gasteiger partial charge on any atom is -0.493 e. The van der Waals surface area contributed by atoms with Gasteiger partial charge < -0.3 is 30.5 Å². The van der Waals surface area contributed by atoms with Crippen LogP contribution >= 0.6 is 0 Å². The van der Waals surface area contributed by atoms with E-state index in [1.165, 1.54) is 5.69 Å². The third-order valence-electron chi connectivity index (χ3n) is 8.03. The number of carbonyl (C=O) groups excluding carboxylic acids is 2. The van der Waals surface area contributed by atoms with Crippen molar-refractivity contribution in [1.82, 2.24) is 25.8 Å². The van der Waals surface area contributed by atoms with Gasteiger partial charge >= 0.3 is 0 Å². The highest BCUT2D eigenvalue weighted by molar-refractivity contribution is 5.79. The largest absolute Gasteiger partial charge is 0.493 e. The molecule has 2 aromatic rings. The van der Waals surface area contributed by atoms with Gasteiger partial charge in [0.2, 0.25) is 11.8 Å². The van der Waals surface area contributed by atoms with Gasteiger partial charge in [0.05, 0.1) is 13.2 Å². The average Bonchev–Trinajstić information content (AvgIpc) is 2.97. The van der Waals surface area contributed by atoms with E-state index in [-0.39, 0.29) is 17.7 Å². The number of hydrogen-bond acceptors (Lipinski definition) is 7. The molecule has 5 rings (SSSR count). The summed E-state index contributed by atoms with van der Waals surface area (Å²) in [7, 11) is 0. The molecule has 38 heavy (non-hydrogen) atoms. The maximum Gasteiger partial charge on any atom is 0.236 e. The van der Waals surface area contributed by atoms with E-state index < -0.39 is 0 Å². The summed E-state index contributed by atoms with van der Waals surface area (Å²) in [6.07, 6.45) is 6.66. The van der Waals surface area contributed by atoms with Crippen LogP contribution in [0.25, 0.3) is 0 Å². The minimum absolute atomic E-state index is 0.0710.